The van der Waals surface area contributed by atoms with Gasteiger partial charge in [0.05, 0.1) is 12.0 Å². The number of carboxylic acid groups (broad SMARTS) is 1. The summed E-state index contributed by atoms with van der Waals surface area (Å²) < 4.78 is 10.8. The van der Waals surface area contributed by atoms with Gasteiger partial charge in [-0.1, -0.05) is 17.7 Å². The Balaban J connectivity index is 1.96. The van der Waals surface area contributed by atoms with Gasteiger partial charge in [-0.25, -0.2) is 0 Å². The Kier molecular flexibility index (Phi) is 5.85. The van der Waals surface area contributed by atoms with Crippen LogP contribution in [0.4, 0.5) is 0 Å². The van der Waals surface area contributed by atoms with E-state index in [9.17, 15) is 9.59 Å². The molecule has 2 N–H and O–H groups in total. The second kappa shape index (κ2) is 7.66. The first-order chi connectivity index (χ1) is 10.9. The Labute approximate surface area is 139 Å². The average Bonchev–Trinajstić information content (AvgIpc) is 2.48. The smallest absolute Gasteiger partial charge is 0.305 e. The number of aliphatic carboxylic acids is 1. The fraction of sp³-hybridized carbons (Fsp3) is 0.500. The lowest BCUT2D eigenvalue weighted by atomic mass is 9.86. The van der Waals surface area contributed by atoms with Crippen molar-refractivity contribution in [1.82, 2.24) is 5.32 Å². The van der Waals surface area contributed by atoms with Crippen LogP contribution in [0.25, 0.3) is 0 Å². The molecule has 1 aromatic carbocycles. The summed E-state index contributed by atoms with van der Waals surface area (Å²) in [6, 6.07) is 5.22. The first-order valence-electron chi connectivity index (χ1n) is 7.40. The van der Waals surface area contributed by atoms with Gasteiger partial charge < -0.3 is 19.9 Å². The molecule has 0 bridgehead atoms. The third kappa shape index (κ3) is 4.84. The number of nitrogens with one attached hydrogen (secondary N) is 1. The van der Waals surface area contributed by atoms with Crippen molar-refractivity contribution >= 4 is 23.5 Å². The van der Waals surface area contributed by atoms with Crippen molar-refractivity contribution in [2.45, 2.75) is 31.7 Å². The largest absolute Gasteiger partial charge is 0.483 e. The van der Waals surface area contributed by atoms with Crippen LogP contribution in [0.5, 0.6) is 5.75 Å². The predicted octanol–water partition coefficient (Wildman–Crippen LogP) is 2.17. The van der Waals surface area contributed by atoms with Gasteiger partial charge in [0.15, 0.2) is 6.61 Å². The number of rotatable bonds is 6. The normalized spacial score (nSPS) is 16.6. The molecular weight excluding hydrogens is 322 g/mol. The number of carbonyl (C=O) groups is 2. The minimum atomic E-state index is -0.946. The maximum Gasteiger partial charge on any atom is 0.305 e. The van der Waals surface area contributed by atoms with Gasteiger partial charge in [0.25, 0.3) is 5.91 Å². The molecule has 1 fully saturated rings. The molecule has 126 valence electrons. The monoisotopic (exact) mass is 341 g/mol. The Morgan fingerprint density at radius 1 is 1.39 bits per heavy atom. The molecule has 2 rings (SSSR count). The van der Waals surface area contributed by atoms with E-state index in [1.807, 2.05) is 0 Å². The third-order valence-corrected chi connectivity index (χ3v) is 4.33. The molecule has 23 heavy (non-hydrogen) atoms. The SMILES string of the molecule is Cc1c(Cl)cccc1OCC(=O)NC1(CC(=O)O)CCOCC1. The van der Waals surface area contributed by atoms with Crippen molar-refractivity contribution in [3.63, 3.8) is 0 Å². The number of hydrogen-bond acceptors (Lipinski definition) is 4. The van der Waals surface area contributed by atoms with Crippen LogP contribution in [0.1, 0.15) is 24.8 Å². The molecule has 1 aromatic rings. The summed E-state index contributed by atoms with van der Waals surface area (Å²) in [5, 5.41) is 12.5. The second-order valence-electron chi connectivity index (χ2n) is 5.66. The van der Waals surface area contributed by atoms with E-state index in [4.69, 9.17) is 26.2 Å². The Morgan fingerprint density at radius 3 is 2.74 bits per heavy atom. The summed E-state index contributed by atoms with van der Waals surface area (Å²) in [7, 11) is 0. The van der Waals surface area contributed by atoms with E-state index in [1.165, 1.54) is 0 Å². The van der Waals surface area contributed by atoms with Crippen LogP contribution in [0.2, 0.25) is 5.02 Å². The van der Waals surface area contributed by atoms with Crippen LogP contribution in [-0.4, -0.2) is 42.3 Å². The fourth-order valence-corrected chi connectivity index (χ4v) is 2.78. The van der Waals surface area contributed by atoms with E-state index in [-0.39, 0.29) is 18.9 Å². The highest BCUT2D eigenvalue weighted by molar-refractivity contribution is 6.31. The quantitative estimate of drug-likeness (QED) is 0.828. The summed E-state index contributed by atoms with van der Waals surface area (Å²) in [5.74, 6) is -0.766. The van der Waals surface area contributed by atoms with Gasteiger partial charge >= 0.3 is 5.97 Å². The first-order valence-corrected chi connectivity index (χ1v) is 7.78. The summed E-state index contributed by atoms with van der Waals surface area (Å²) in [5.41, 5.74) is -0.0123. The van der Waals surface area contributed by atoms with Crippen LogP contribution in [0, 0.1) is 6.92 Å². The number of hydrogen-bond donors (Lipinski definition) is 2. The fourth-order valence-electron chi connectivity index (χ4n) is 2.62. The molecular formula is C16H20ClNO5. The zero-order chi connectivity index (χ0) is 16.9. The van der Waals surface area contributed by atoms with Gasteiger partial charge in [0, 0.05) is 23.8 Å². The highest BCUT2D eigenvalue weighted by Crippen LogP contribution is 2.26. The predicted molar refractivity (Wildman–Crippen MR) is 84.9 cm³/mol. The lowest BCUT2D eigenvalue weighted by Crippen LogP contribution is -2.54. The van der Waals surface area contributed by atoms with Crippen LogP contribution in [0.3, 0.4) is 0 Å². The minimum absolute atomic E-state index is 0.127. The van der Waals surface area contributed by atoms with Crippen molar-refractivity contribution in [2.75, 3.05) is 19.8 Å². The Hall–Kier alpha value is -1.79. The van der Waals surface area contributed by atoms with Crippen LogP contribution in [-0.2, 0) is 14.3 Å². The Morgan fingerprint density at radius 2 is 2.09 bits per heavy atom. The molecule has 1 amide bonds. The number of carboxylic acids is 1. The van der Waals surface area contributed by atoms with Gasteiger partial charge in [-0.2, -0.15) is 0 Å². The standard InChI is InChI=1S/C16H20ClNO5/c1-11-12(17)3-2-4-13(11)23-10-14(19)18-16(9-15(20)21)5-7-22-8-6-16/h2-4H,5-10H2,1H3,(H,18,19)(H,20,21). The lowest BCUT2D eigenvalue weighted by molar-refractivity contribution is -0.140. The lowest BCUT2D eigenvalue weighted by Gasteiger charge is -2.36. The van der Waals surface area contributed by atoms with E-state index < -0.39 is 11.5 Å². The van der Waals surface area contributed by atoms with Crippen molar-refractivity contribution < 1.29 is 24.2 Å². The van der Waals surface area contributed by atoms with E-state index >= 15 is 0 Å². The second-order valence-corrected chi connectivity index (χ2v) is 6.07. The van der Waals surface area contributed by atoms with Gasteiger partial charge in [-0.3, -0.25) is 9.59 Å². The molecule has 0 aromatic heterocycles. The van der Waals surface area contributed by atoms with E-state index in [0.29, 0.717) is 36.8 Å². The van der Waals surface area contributed by atoms with Crippen LogP contribution >= 0.6 is 11.6 Å². The molecule has 1 aliphatic rings. The van der Waals surface area contributed by atoms with E-state index in [2.05, 4.69) is 5.32 Å². The van der Waals surface area contributed by atoms with Crippen molar-refractivity contribution in [2.24, 2.45) is 0 Å². The first kappa shape index (κ1) is 17.6. The van der Waals surface area contributed by atoms with Crippen molar-refractivity contribution in [3.8, 4) is 5.75 Å². The van der Waals surface area contributed by atoms with Crippen LogP contribution in [0.15, 0.2) is 18.2 Å². The minimum Gasteiger partial charge on any atom is -0.483 e. The summed E-state index contributed by atoms with van der Waals surface area (Å²) in [6.45, 7) is 2.48. The summed E-state index contributed by atoms with van der Waals surface area (Å²) in [6.07, 6.45) is 0.820. The highest BCUT2D eigenvalue weighted by Gasteiger charge is 2.36. The molecule has 6 nitrogen and oxygen atoms in total. The van der Waals surface area contributed by atoms with Crippen molar-refractivity contribution in [3.05, 3.63) is 28.8 Å². The van der Waals surface area contributed by atoms with E-state index in [1.54, 1.807) is 25.1 Å². The molecule has 0 aliphatic carbocycles. The maximum atomic E-state index is 12.2. The molecule has 0 spiro atoms. The summed E-state index contributed by atoms with van der Waals surface area (Å²) in [4.78, 5) is 23.2. The number of carbonyl (C=O) groups excluding carboxylic acids is 1. The molecule has 1 heterocycles. The van der Waals surface area contributed by atoms with E-state index in [0.717, 1.165) is 5.56 Å². The third-order valence-electron chi connectivity index (χ3n) is 3.92. The van der Waals surface area contributed by atoms with Gasteiger partial charge in [-0.05, 0) is 31.9 Å². The molecule has 0 radical (unpaired) electrons. The Bertz CT molecular complexity index is 584. The highest BCUT2D eigenvalue weighted by atomic mass is 35.5. The number of ether oxygens (including phenoxy) is 2. The van der Waals surface area contributed by atoms with Gasteiger partial charge in [-0.15, -0.1) is 0 Å². The van der Waals surface area contributed by atoms with Gasteiger partial charge in [0.1, 0.15) is 5.75 Å². The number of amides is 1. The summed E-state index contributed by atoms with van der Waals surface area (Å²) >= 11 is 6.00. The number of benzene rings is 1. The zero-order valence-corrected chi connectivity index (χ0v) is 13.7. The maximum absolute atomic E-state index is 12.2. The van der Waals surface area contributed by atoms with Crippen molar-refractivity contribution in [1.29, 1.82) is 0 Å². The molecule has 0 atom stereocenters. The zero-order valence-electron chi connectivity index (χ0n) is 12.9. The van der Waals surface area contributed by atoms with Crippen LogP contribution < -0.4 is 10.1 Å². The molecule has 0 saturated carbocycles. The topological polar surface area (TPSA) is 84.9 Å². The van der Waals surface area contributed by atoms with Gasteiger partial charge in [0.2, 0.25) is 0 Å². The molecule has 0 unspecified atom stereocenters. The molecule has 7 heteroatoms. The average molecular weight is 342 g/mol. The molecule has 1 saturated heterocycles. The molecule has 1 aliphatic heterocycles. The number of halogens is 1.